The van der Waals surface area contributed by atoms with E-state index in [1.54, 1.807) is 19.2 Å². The molecule has 0 aliphatic heterocycles. The highest BCUT2D eigenvalue weighted by Gasteiger charge is 2.29. The van der Waals surface area contributed by atoms with Crippen LogP contribution in [-0.4, -0.2) is 31.0 Å². The maximum atomic E-state index is 13.4. The van der Waals surface area contributed by atoms with Crippen LogP contribution in [0.4, 0.5) is 8.78 Å². The molecule has 3 rings (SSSR count). The number of rotatable bonds is 9. The van der Waals surface area contributed by atoms with Crippen molar-refractivity contribution in [3.63, 3.8) is 0 Å². The molecule has 0 spiro atoms. The second-order valence-electron chi connectivity index (χ2n) is 8.08. The second-order valence-corrected chi connectivity index (χ2v) is 8.08. The summed E-state index contributed by atoms with van der Waals surface area (Å²) in [6.45, 7) is 3.02. The van der Waals surface area contributed by atoms with E-state index in [-0.39, 0.29) is 12.2 Å². The largest absolute Gasteiger partial charge is 0.478 e. The van der Waals surface area contributed by atoms with Gasteiger partial charge in [-0.15, -0.1) is 0 Å². The smallest absolute Gasteiger partial charge is 0.347 e. The van der Waals surface area contributed by atoms with Crippen molar-refractivity contribution in [3.05, 3.63) is 81.5 Å². The summed E-state index contributed by atoms with van der Waals surface area (Å²) in [6.07, 6.45) is 2.02. The molecule has 32 heavy (non-hydrogen) atoms. The number of ether oxygens (including phenoxy) is 1. The summed E-state index contributed by atoms with van der Waals surface area (Å²) in [5.41, 5.74) is -0.154. The second kappa shape index (κ2) is 9.33. The number of aliphatic carboxylic acids is 1. The van der Waals surface area contributed by atoms with Gasteiger partial charge in [-0.1, -0.05) is 18.2 Å². The highest BCUT2D eigenvalue weighted by atomic mass is 19.2. The van der Waals surface area contributed by atoms with Crippen LogP contribution in [0.2, 0.25) is 0 Å². The van der Waals surface area contributed by atoms with Crippen molar-refractivity contribution in [2.75, 3.05) is 0 Å². The predicted octanol–water partition coefficient (Wildman–Crippen LogP) is 3.33. The van der Waals surface area contributed by atoms with Gasteiger partial charge in [0.05, 0.1) is 6.54 Å². The molecule has 3 aromatic rings. The van der Waals surface area contributed by atoms with Crippen molar-refractivity contribution in [2.45, 2.75) is 45.3 Å². The molecule has 0 radical (unpaired) electrons. The van der Waals surface area contributed by atoms with Crippen molar-refractivity contribution in [3.8, 4) is 5.75 Å². The van der Waals surface area contributed by atoms with Gasteiger partial charge in [-0.25, -0.2) is 23.1 Å². The molecule has 0 atom stereocenters. The maximum absolute atomic E-state index is 13.4. The lowest BCUT2D eigenvalue weighted by Crippen LogP contribution is -2.37. The number of hydrogen-bond acceptors (Lipinski definition) is 4. The van der Waals surface area contributed by atoms with E-state index in [4.69, 9.17) is 9.84 Å². The number of aromatic nitrogens is 3. The van der Waals surface area contributed by atoms with Crippen LogP contribution in [0.15, 0.2) is 47.3 Å². The van der Waals surface area contributed by atoms with Gasteiger partial charge >= 0.3 is 11.7 Å². The van der Waals surface area contributed by atoms with Gasteiger partial charge in [0.15, 0.2) is 17.2 Å². The Morgan fingerprint density at radius 1 is 1.06 bits per heavy atom. The van der Waals surface area contributed by atoms with Crippen LogP contribution in [0.5, 0.6) is 5.75 Å². The molecule has 0 unspecified atom stereocenters. The molecule has 7 nitrogen and oxygen atoms in total. The standard InChI is InChI=1S/C23H25F2N3O4/c1-23(2,21(29)30)32-17-10-7-15(8-11-17)5-4-6-20-26-28(22(31)27(20)3)14-16-9-12-18(24)19(25)13-16/h7-13H,4-6,14H2,1-3H3,(H,29,30). The topological polar surface area (TPSA) is 86.3 Å². The van der Waals surface area contributed by atoms with Gasteiger partial charge in [-0.2, -0.15) is 5.10 Å². The third-order valence-corrected chi connectivity index (χ3v) is 5.12. The molecule has 0 saturated carbocycles. The lowest BCUT2D eigenvalue weighted by atomic mass is 10.1. The van der Waals surface area contributed by atoms with Gasteiger partial charge in [0.1, 0.15) is 11.6 Å². The molecule has 170 valence electrons. The molecule has 1 aromatic heterocycles. The van der Waals surface area contributed by atoms with Gasteiger partial charge in [0.25, 0.3) is 0 Å². The fourth-order valence-electron chi connectivity index (χ4n) is 3.18. The number of carboxylic acid groups (broad SMARTS) is 1. The highest BCUT2D eigenvalue weighted by molar-refractivity contribution is 5.76. The molecule has 0 aliphatic carbocycles. The molecule has 2 aromatic carbocycles. The van der Waals surface area contributed by atoms with E-state index in [1.165, 1.54) is 29.2 Å². The van der Waals surface area contributed by atoms with Crippen LogP contribution in [0, 0.1) is 11.6 Å². The molecule has 0 amide bonds. The first-order valence-corrected chi connectivity index (χ1v) is 10.1. The Morgan fingerprint density at radius 2 is 1.72 bits per heavy atom. The van der Waals surface area contributed by atoms with E-state index < -0.39 is 23.2 Å². The number of benzene rings is 2. The van der Waals surface area contributed by atoms with Gasteiger partial charge in [-0.3, -0.25) is 4.57 Å². The third-order valence-electron chi connectivity index (χ3n) is 5.12. The Labute approximate surface area is 183 Å². The molecular weight excluding hydrogens is 420 g/mol. The van der Waals surface area contributed by atoms with Gasteiger partial charge < -0.3 is 9.84 Å². The summed E-state index contributed by atoms with van der Waals surface area (Å²) in [5.74, 6) is -1.88. The van der Waals surface area contributed by atoms with E-state index >= 15 is 0 Å². The monoisotopic (exact) mass is 445 g/mol. The Bertz CT molecular complexity index is 1170. The zero-order chi connectivity index (χ0) is 23.5. The molecule has 0 fully saturated rings. The van der Waals surface area contributed by atoms with E-state index in [0.717, 1.165) is 30.5 Å². The minimum Gasteiger partial charge on any atom is -0.478 e. The van der Waals surface area contributed by atoms with Crippen LogP contribution >= 0.6 is 0 Å². The summed E-state index contributed by atoms with van der Waals surface area (Å²) in [7, 11) is 1.63. The first-order valence-electron chi connectivity index (χ1n) is 10.1. The Balaban J connectivity index is 1.59. The summed E-state index contributed by atoms with van der Waals surface area (Å²) in [6, 6.07) is 10.7. The Hall–Kier alpha value is -3.49. The van der Waals surface area contributed by atoms with Crippen LogP contribution < -0.4 is 10.4 Å². The van der Waals surface area contributed by atoms with Gasteiger partial charge in [0.2, 0.25) is 0 Å². The van der Waals surface area contributed by atoms with E-state index in [1.807, 2.05) is 12.1 Å². The van der Waals surface area contributed by atoms with Crippen molar-refractivity contribution < 1.29 is 23.4 Å². The van der Waals surface area contributed by atoms with Gasteiger partial charge in [-0.05, 0) is 62.1 Å². The fraction of sp³-hybridized carbons (Fsp3) is 0.348. The number of carbonyl (C=O) groups is 1. The fourth-order valence-corrected chi connectivity index (χ4v) is 3.18. The van der Waals surface area contributed by atoms with Crippen molar-refractivity contribution >= 4 is 5.97 Å². The van der Waals surface area contributed by atoms with E-state index in [9.17, 15) is 18.4 Å². The number of carboxylic acids is 1. The number of hydrogen-bond donors (Lipinski definition) is 1. The zero-order valence-corrected chi connectivity index (χ0v) is 18.1. The molecule has 9 heteroatoms. The van der Waals surface area contributed by atoms with Crippen molar-refractivity contribution in [2.24, 2.45) is 7.05 Å². The molecule has 0 bridgehead atoms. The summed E-state index contributed by atoms with van der Waals surface area (Å²) < 4.78 is 34.7. The molecular formula is C23H25F2N3O4. The van der Waals surface area contributed by atoms with Crippen LogP contribution in [0.25, 0.3) is 0 Å². The van der Waals surface area contributed by atoms with Gasteiger partial charge in [0, 0.05) is 13.5 Å². The normalized spacial score (nSPS) is 11.5. The first-order chi connectivity index (χ1) is 15.1. The molecule has 1 heterocycles. The lowest BCUT2D eigenvalue weighted by Gasteiger charge is -2.21. The van der Waals surface area contributed by atoms with E-state index in [0.29, 0.717) is 23.6 Å². The Kier molecular flexibility index (Phi) is 6.76. The Morgan fingerprint density at radius 3 is 2.34 bits per heavy atom. The SMILES string of the molecule is Cn1c(CCCc2ccc(OC(C)(C)C(=O)O)cc2)nn(Cc2ccc(F)c(F)c2)c1=O. The molecule has 1 N–H and O–H groups in total. The first kappa shape index (κ1) is 23.2. The quantitative estimate of drug-likeness (QED) is 0.546. The van der Waals surface area contributed by atoms with Crippen LogP contribution in [0.1, 0.15) is 37.2 Å². The summed E-state index contributed by atoms with van der Waals surface area (Å²) in [4.78, 5) is 23.6. The number of halogens is 2. The average molecular weight is 445 g/mol. The third kappa shape index (κ3) is 5.40. The minimum atomic E-state index is -1.31. The number of aryl methyl sites for hydroxylation is 2. The number of nitrogens with zero attached hydrogens (tertiary/aromatic N) is 3. The van der Waals surface area contributed by atoms with Crippen LogP contribution in [-0.2, 0) is 31.2 Å². The minimum absolute atomic E-state index is 0.0536. The van der Waals surface area contributed by atoms with Crippen molar-refractivity contribution in [1.82, 2.24) is 14.3 Å². The predicted molar refractivity (Wildman–Crippen MR) is 114 cm³/mol. The highest BCUT2D eigenvalue weighted by Crippen LogP contribution is 2.20. The summed E-state index contributed by atoms with van der Waals surface area (Å²) >= 11 is 0. The summed E-state index contributed by atoms with van der Waals surface area (Å²) in [5, 5.41) is 13.5. The maximum Gasteiger partial charge on any atom is 0.347 e. The van der Waals surface area contributed by atoms with E-state index in [2.05, 4.69) is 5.10 Å². The lowest BCUT2D eigenvalue weighted by molar-refractivity contribution is -0.152. The van der Waals surface area contributed by atoms with Crippen molar-refractivity contribution in [1.29, 1.82) is 0 Å². The average Bonchev–Trinajstić information content (AvgIpc) is 2.99. The molecule has 0 saturated heterocycles. The molecule has 0 aliphatic rings. The van der Waals surface area contributed by atoms with Crippen LogP contribution in [0.3, 0.4) is 0 Å². The zero-order valence-electron chi connectivity index (χ0n) is 18.1.